The van der Waals surface area contributed by atoms with Crippen LogP contribution < -0.4 is 0 Å². The maximum Gasteiger partial charge on any atom is 0.326 e. The van der Waals surface area contributed by atoms with E-state index in [1.165, 1.54) is 11.0 Å². The van der Waals surface area contributed by atoms with Gasteiger partial charge in [0.15, 0.2) is 0 Å². The number of aromatic nitrogens is 2. The molecule has 3 heterocycles. The van der Waals surface area contributed by atoms with Gasteiger partial charge in [0, 0.05) is 18.3 Å². The summed E-state index contributed by atoms with van der Waals surface area (Å²) >= 11 is 0. The van der Waals surface area contributed by atoms with Gasteiger partial charge >= 0.3 is 5.97 Å². The van der Waals surface area contributed by atoms with E-state index in [2.05, 4.69) is 4.98 Å². The van der Waals surface area contributed by atoms with E-state index >= 15 is 0 Å². The zero-order chi connectivity index (χ0) is 20.7. The van der Waals surface area contributed by atoms with Gasteiger partial charge in [0.25, 0.3) is 0 Å². The Hall–Kier alpha value is -3.22. The summed E-state index contributed by atoms with van der Waals surface area (Å²) < 4.78 is 15.6. The van der Waals surface area contributed by atoms with Crippen LogP contribution in [-0.4, -0.2) is 43.9 Å². The van der Waals surface area contributed by atoms with Gasteiger partial charge in [0.1, 0.15) is 17.5 Å². The molecule has 0 radical (unpaired) electrons. The summed E-state index contributed by atoms with van der Waals surface area (Å²) in [7, 11) is 0. The van der Waals surface area contributed by atoms with Gasteiger partial charge in [-0.15, -0.1) is 0 Å². The van der Waals surface area contributed by atoms with E-state index in [0.29, 0.717) is 42.0 Å². The monoisotopic (exact) mass is 395 g/mol. The number of pyridine rings is 1. The van der Waals surface area contributed by atoms with Crippen molar-refractivity contribution in [2.24, 2.45) is 0 Å². The van der Waals surface area contributed by atoms with Crippen LogP contribution in [0.3, 0.4) is 0 Å². The molecule has 4 rings (SSSR count). The number of aryl methyl sites for hydroxylation is 2. The summed E-state index contributed by atoms with van der Waals surface area (Å²) in [4.78, 5) is 30.6. The number of halogens is 1. The molecule has 0 aliphatic carbocycles. The molecule has 1 aliphatic heterocycles. The van der Waals surface area contributed by atoms with Crippen LogP contribution in [0.15, 0.2) is 36.5 Å². The highest BCUT2D eigenvalue weighted by atomic mass is 19.1. The molecule has 150 valence electrons. The lowest BCUT2D eigenvalue weighted by molar-refractivity contribution is -0.148. The van der Waals surface area contributed by atoms with Crippen molar-refractivity contribution in [2.45, 2.75) is 39.2 Å². The van der Waals surface area contributed by atoms with Crippen molar-refractivity contribution in [2.75, 3.05) is 6.54 Å². The number of hydrogen-bond donors (Lipinski definition) is 1. The summed E-state index contributed by atoms with van der Waals surface area (Å²) in [5.74, 6) is -1.51. The molecule has 1 amide bonds. The fourth-order valence-electron chi connectivity index (χ4n) is 3.96. The average molecular weight is 395 g/mol. The maximum atomic E-state index is 13.8. The Kier molecular flexibility index (Phi) is 4.82. The predicted molar refractivity (Wildman–Crippen MR) is 106 cm³/mol. The number of carbonyl (C=O) groups is 2. The molecule has 6 nitrogen and oxygen atoms in total. The minimum atomic E-state index is -0.973. The number of nitrogens with zero attached hydrogens (tertiary/aromatic N) is 3. The third-order valence-corrected chi connectivity index (χ3v) is 5.47. The number of fused-ring (bicyclic) bond motifs is 1. The second-order valence-electron chi connectivity index (χ2n) is 7.57. The lowest BCUT2D eigenvalue weighted by Gasteiger charge is -2.21. The van der Waals surface area contributed by atoms with Gasteiger partial charge in [-0.1, -0.05) is 6.07 Å². The first-order valence-electron chi connectivity index (χ1n) is 9.61. The molecule has 1 N–H and O–H groups in total. The largest absolute Gasteiger partial charge is 0.480 e. The zero-order valence-corrected chi connectivity index (χ0v) is 16.4. The highest BCUT2D eigenvalue weighted by molar-refractivity contribution is 5.87. The van der Waals surface area contributed by atoms with E-state index in [9.17, 15) is 19.1 Å². The van der Waals surface area contributed by atoms with Gasteiger partial charge in [0.2, 0.25) is 5.91 Å². The molecule has 1 saturated heterocycles. The van der Waals surface area contributed by atoms with Crippen molar-refractivity contribution < 1.29 is 19.1 Å². The molecule has 0 bridgehead atoms. The third-order valence-electron chi connectivity index (χ3n) is 5.47. The second-order valence-corrected chi connectivity index (χ2v) is 7.57. The van der Waals surface area contributed by atoms with E-state index in [0.717, 1.165) is 11.1 Å². The smallest absolute Gasteiger partial charge is 0.326 e. The number of rotatable bonds is 4. The third kappa shape index (κ3) is 3.48. The van der Waals surface area contributed by atoms with Crippen molar-refractivity contribution in [3.63, 3.8) is 0 Å². The number of hydrogen-bond acceptors (Lipinski definition) is 3. The SMILES string of the molecule is Cc1ccc2nc(-c3ccc(F)c(C)c3)c(CC(=O)N3CCCC3C(=O)O)n2c1. The molecule has 1 aliphatic rings. The summed E-state index contributed by atoms with van der Waals surface area (Å²) in [6.07, 6.45) is 3.08. The molecular weight excluding hydrogens is 373 g/mol. The minimum Gasteiger partial charge on any atom is -0.480 e. The van der Waals surface area contributed by atoms with Gasteiger partial charge in [-0.2, -0.15) is 0 Å². The lowest BCUT2D eigenvalue weighted by atomic mass is 10.1. The van der Waals surface area contributed by atoms with Crippen LogP contribution in [0.4, 0.5) is 4.39 Å². The average Bonchev–Trinajstić information content (AvgIpc) is 3.30. The first-order chi connectivity index (χ1) is 13.8. The van der Waals surface area contributed by atoms with Crippen molar-refractivity contribution in [1.29, 1.82) is 0 Å². The molecule has 29 heavy (non-hydrogen) atoms. The van der Waals surface area contributed by atoms with Crippen LogP contribution in [0.5, 0.6) is 0 Å². The Morgan fingerprint density at radius 3 is 2.76 bits per heavy atom. The molecule has 1 fully saturated rings. The van der Waals surface area contributed by atoms with E-state index in [-0.39, 0.29) is 18.1 Å². The highest BCUT2D eigenvalue weighted by Gasteiger charge is 2.34. The van der Waals surface area contributed by atoms with Gasteiger partial charge in [0.05, 0.1) is 17.8 Å². The Bertz CT molecular complexity index is 1120. The van der Waals surface area contributed by atoms with Crippen LogP contribution >= 0.6 is 0 Å². The molecule has 1 atom stereocenters. The summed E-state index contributed by atoms with van der Waals surface area (Å²) in [5.41, 5.74) is 4.21. The quantitative estimate of drug-likeness (QED) is 0.735. The topological polar surface area (TPSA) is 74.9 Å². The number of aliphatic carboxylic acids is 1. The summed E-state index contributed by atoms with van der Waals surface area (Å²) in [6.45, 7) is 4.08. The van der Waals surface area contributed by atoms with E-state index < -0.39 is 12.0 Å². The maximum absolute atomic E-state index is 13.8. The Morgan fingerprint density at radius 1 is 1.24 bits per heavy atom. The van der Waals surface area contributed by atoms with Crippen LogP contribution in [0, 0.1) is 19.7 Å². The van der Waals surface area contributed by atoms with Crippen molar-refractivity contribution in [3.8, 4) is 11.3 Å². The van der Waals surface area contributed by atoms with Crippen LogP contribution in [0.1, 0.15) is 29.7 Å². The van der Waals surface area contributed by atoms with Gasteiger partial charge in [-0.05, 0) is 62.1 Å². The molecule has 2 aromatic heterocycles. The Labute approximate surface area is 167 Å². The van der Waals surface area contributed by atoms with E-state index in [1.807, 2.05) is 29.7 Å². The van der Waals surface area contributed by atoms with Crippen molar-refractivity contribution in [3.05, 3.63) is 59.2 Å². The number of carboxylic acids is 1. The van der Waals surface area contributed by atoms with Crippen LogP contribution in [-0.2, 0) is 16.0 Å². The van der Waals surface area contributed by atoms with Crippen LogP contribution in [0.2, 0.25) is 0 Å². The van der Waals surface area contributed by atoms with Gasteiger partial charge in [-0.25, -0.2) is 14.2 Å². The molecule has 0 saturated carbocycles. The molecule has 3 aromatic rings. The van der Waals surface area contributed by atoms with E-state index in [1.54, 1.807) is 19.1 Å². The number of carboxylic acid groups (broad SMARTS) is 1. The summed E-state index contributed by atoms with van der Waals surface area (Å²) in [6, 6.07) is 7.80. The number of benzene rings is 1. The Balaban J connectivity index is 1.79. The fraction of sp³-hybridized carbons (Fsp3) is 0.318. The first kappa shape index (κ1) is 19.1. The number of amides is 1. The fourth-order valence-corrected chi connectivity index (χ4v) is 3.96. The lowest BCUT2D eigenvalue weighted by Crippen LogP contribution is -2.41. The zero-order valence-electron chi connectivity index (χ0n) is 16.4. The molecule has 0 spiro atoms. The molecule has 1 unspecified atom stereocenters. The number of carbonyl (C=O) groups excluding carboxylic acids is 1. The van der Waals surface area contributed by atoms with Crippen LogP contribution in [0.25, 0.3) is 16.9 Å². The number of imidazole rings is 1. The molecular formula is C22H22FN3O3. The van der Waals surface area contributed by atoms with Crippen molar-refractivity contribution in [1.82, 2.24) is 14.3 Å². The predicted octanol–water partition coefficient (Wildman–Crippen LogP) is 3.38. The standard InChI is InChI=1S/C22H22FN3O3/c1-13-5-8-19-24-21(15-6-7-16(23)14(2)10-15)18(26(19)12-13)11-20(27)25-9-3-4-17(25)22(28)29/h5-8,10,12,17H,3-4,9,11H2,1-2H3,(H,28,29). The number of likely N-dealkylation sites (tertiary alicyclic amines) is 1. The molecule has 7 heteroatoms. The highest BCUT2D eigenvalue weighted by Crippen LogP contribution is 2.28. The van der Waals surface area contributed by atoms with Crippen molar-refractivity contribution >= 4 is 17.5 Å². The normalized spacial score (nSPS) is 16.5. The van der Waals surface area contributed by atoms with Gasteiger partial charge in [-0.3, -0.25) is 4.79 Å². The van der Waals surface area contributed by atoms with Gasteiger partial charge < -0.3 is 14.4 Å². The molecule has 1 aromatic carbocycles. The van der Waals surface area contributed by atoms with E-state index in [4.69, 9.17) is 0 Å². The second kappa shape index (κ2) is 7.31. The minimum absolute atomic E-state index is 0.0279. The first-order valence-corrected chi connectivity index (χ1v) is 9.61. The summed E-state index contributed by atoms with van der Waals surface area (Å²) in [5, 5.41) is 9.41. The Morgan fingerprint density at radius 2 is 2.03 bits per heavy atom.